The van der Waals surface area contributed by atoms with Crippen LogP contribution < -0.4 is 4.74 Å². The summed E-state index contributed by atoms with van der Waals surface area (Å²) in [6.07, 6.45) is 2.19. The first kappa shape index (κ1) is 16.7. The van der Waals surface area contributed by atoms with E-state index >= 15 is 0 Å². The van der Waals surface area contributed by atoms with Gasteiger partial charge >= 0.3 is 5.97 Å². The van der Waals surface area contributed by atoms with Crippen LogP contribution in [0, 0.1) is 0 Å². The summed E-state index contributed by atoms with van der Waals surface area (Å²) in [6.45, 7) is 0.920. The topological polar surface area (TPSA) is 69.0 Å². The number of furan rings is 1. The lowest BCUT2D eigenvalue weighted by atomic mass is 9.93. The summed E-state index contributed by atoms with van der Waals surface area (Å²) in [7, 11) is 2.95. The SMILES string of the molecule is COC(=O)c1ccc(OC)c2c1CCN(C(=O)c1cc3occc3s1)C2. The highest BCUT2D eigenvalue weighted by Crippen LogP contribution is 2.33. The molecule has 1 aliphatic rings. The van der Waals surface area contributed by atoms with E-state index in [1.54, 1.807) is 36.5 Å². The number of esters is 1. The first-order valence-electron chi connectivity index (χ1n) is 8.15. The van der Waals surface area contributed by atoms with Gasteiger partial charge in [-0.25, -0.2) is 4.79 Å². The summed E-state index contributed by atoms with van der Waals surface area (Å²) in [6, 6.07) is 7.10. The summed E-state index contributed by atoms with van der Waals surface area (Å²) in [4.78, 5) is 27.4. The lowest BCUT2D eigenvalue weighted by Gasteiger charge is -2.30. The summed E-state index contributed by atoms with van der Waals surface area (Å²) in [5.41, 5.74) is 3.00. The minimum absolute atomic E-state index is 0.0439. The fourth-order valence-corrected chi connectivity index (χ4v) is 4.29. The van der Waals surface area contributed by atoms with Crippen LogP contribution in [0.25, 0.3) is 10.3 Å². The monoisotopic (exact) mass is 371 g/mol. The Balaban J connectivity index is 1.67. The van der Waals surface area contributed by atoms with Crippen molar-refractivity contribution in [1.29, 1.82) is 0 Å². The fraction of sp³-hybridized carbons (Fsp3) is 0.263. The number of hydrogen-bond donors (Lipinski definition) is 0. The van der Waals surface area contributed by atoms with Gasteiger partial charge in [0.25, 0.3) is 5.91 Å². The molecule has 0 spiro atoms. The lowest BCUT2D eigenvalue weighted by molar-refractivity contribution is 0.0598. The molecule has 0 aliphatic carbocycles. The van der Waals surface area contributed by atoms with Crippen LogP contribution >= 0.6 is 11.3 Å². The number of carbonyl (C=O) groups excluding carboxylic acids is 2. The molecule has 4 rings (SSSR count). The molecule has 0 bridgehead atoms. The normalized spacial score (nSPS) is 13.5. The zero-order chi connectivity index (χ0) is 18.3. The highest BCUT2D eigenvalue weighted by molar-refractivity contribution is 7.20. The van der Waals surface area contributed by atoms with E-state index in [2.05, 4.69) is 0 Å². The molecule has 134 valence electrons. The van der Waals surface area contributed by atoms with Gasteiger partial charge < -0.3 is 18.8 Å². The molecule has 0 N–H and O–H groups in total. The van der Waals surface area contributed by atoms with E-state index in [4.69, 9.17) is 13.9 Å². The Labute approximate surface area is 153 Å². The second-order valence-corrected chi connectivity index (χ2v) is 7.08. The Morgan fingerprint density at radius 3 is 2.77 bits per heavy atom. The first-order valence-corrected chi connectivity index (χ1v) is 8.97. The number of hydrogen-bond acceptors (Lipinski definition) is 6. The maximum Gasteiger partial charge on any atom is 0.338 e. The van der Waals surface area contributed by atoms with E-state index in [1.165, 1.54) is 18.4 Å². The van der Waals surface area contributed by atoms with Crippen LogP contribution in [0.3, 0.4) is 0 Å². The van der Waals surface area contributed by atoms with Crippen molar-refractivity contribution in [2.75, 3.05) is 20.8 Å². The fourth-order valence-electron chi connectivity index (χ4n) is 3.34. The molecule has 0 radical (unpaired) electrons. The second kappa shape index (κ2) is 6.49. The van der Waals surface area contributed by atoms with Gasteiger partial charge in [0.1, 0.15) is 11.3 Å². The van der Waals surface area contributed by atoms with E-state index in [0.717, 1.165) is 21.4 Å². The van der Waals surface area contributed by atoms with Crippen LogP contribution in [0.5, 0.6) is 5.75 Å². The number of amides is 1. The number of fused-ring (bicyclic) bond motifs is 2. The van der Waals surface area contributed by atoms with Crippen molar-refractivity contribution in [3.05, 3.63) is 52.1 Å². The third kappa shape index (κ3) is 2.64. The highest BCUT2D eigenvalue weighted by Gasteiger charge is 2.29. The van der Waals surface area contributed by atoms with Crippen LogP contribution in [0.1, 0.15) is 31.2 Å². The number of methoxy groups -OCH3 is 2. The second-order valence-electron chi connectivity index (χ2n) is 6.00. The van der Waals surface area contributed by atoms with Gasteiger partial charge in [-0.15, -0.1) is 11.3 Å². The minimum atomic E-state index is -0.373. The van der Waals surface area contributed by atoms with Crippen LogP contribution in [0.15, 0.2) is 34.9 Å². The van der Waals surface area contributed by atoms with Crippen LogP contribution in [0.4, 0.5) is 0 Å². The number of thiophene rings is 1. The molecule has 1 aliphatic heterocycles. The predicted molar refractivity (Wildman–Crippen MR) is 96.9 cm³/mol. The van der Waals surface area contributed by atoms with Crippen molar-refractivity contribution in [2.45, 2.75) is 13.0 Å². The predicted octanol–water partition coefficient (Wildman–Crippen LogP) is 3.49. The zero-order valence-electron chi connectivity index (χ0n) is 14.4. The molecular formula is C19H17NO5S. The standard InChI is InChI=1S/C19H17NO5S/c1-23-14-4-3-12(19(22)24-2)11-5-7-20(10-13(11)14)18(21)17-9-15-16(26-17)6-8-25-15/h3-4,6,8-9H,5,7,10H2,1-2H3. The van der Waals surface area contributed by atoms with Gasteiger partial charge in [-0.3, -0.25) is 4.79 Å². The Morgan fingerprint density at radius 2 is 2.04 bits per heavy atom. The lowest BCUT2D eigenvalue weighted by Crippen LogP contribution is -2.36. The van der Waals surface area contributed by atoms with Crippen molar-refractivity contribution in [1.82, 2.24) is 4.90 Å². The number of ether oxygens (including phenoxy) is 2. The average molecular weight is 371 g/mol. The molecule has 26 heavy (non-hydrogen) atoms. The van der Waals surface area contributed by atoms with Crippen molar-refractivity contribution in [3.8, 4) is 5.75 Å². The molecule has 0 unspecified atom stereocenters. The van der Waals surface area contributed by atoms with E-state index < -0.39 is 0 Å². The van der Waals surface area contributed by atoms with Gasteiger partial charge in [0.15, 0.2) is 0 Å². The number of benzene rings is 1. The molecule has 0 atom stereocenters. The third-order valence-corrected chi connectivity index (χ3v) is 5.70. The summed E-state index contributed by atoms with van der Waals surface area (Å²) in [5.74, 6) is 0.255. The molecule has 6 nitrogen and oxygen atoms in total. The van der Waals surface area contributed by atoms with E-state index in [0.29, 0.717) is 35.7 Å². The maximum absolute atomic E-state index is 12.9. The quantitative estimate of drug-likeness (QED) is 0.659. The van der Waals surface area contributed by atoms with Crippen molar-refractivity contribution in [3.63, 3.8) is 0 Å². The number of rotatable bonds is 3. The Hall–Kier alpha value is -2.80. The Morgan fingerprint density at radius 1 is 1.19 bits per heavy atom. The van der Waals surface area contributed by atoms with Crippen molar-refractivity contribution < 1.29 is 23.5 Å². The van der Waals surface area contributed by atoms with Crippen molar-refractivity contribution >= 4 is 33.5 Å². The molecule has 0 saturated heterocycles. The van der Waals surface area contributed by atoms with Gasteiger partial charge in [-0.1, -0.05) is 0 Å². The summed E-state index contributed by atoms with van der Waals surface area (Å²) < 4.78 is 16.6. The largest absolute Gasteiger partial charge is 0.496 e. The van der Waals surface area contributed by atoms with Crippen LogP contribution in [-0.4, -0.2) is 37.5 Å². The van der Waals surface area contributed by atoms with Crippen molar-refractivity contribution in [2.24, 2.45) is 0 Å². The summed E-state index contributed by atoms with van der Waals surface area (Å²) in [5, 5.41) is 0. The molecule has 7 heteroatoms. The highest BCUT2D eigenvalue weighted by atomic mass is 32.1. The van der Waals surface area contributed by atoms with Gasteiger partial charge in [-0.05, 0) is 30.2 Å². The first-order chi connectivity index (χ1) is 12.6. The Bertz CT molecular complexity index is 974. The molecule has 2 aromatic heterocycles. The summed E-state index contributed by atoms with van der Waals surface area (Å²) >= 11 is 1.42. The molecular weight excluding hydrogens is 354 g/mol. The number of carbonyl (C=O) groups is 2. The molecule has 1 amide bonds. The van der Waals surface area contributed by atoms with E-state index in [-0.39, 0.29) is 11.9 Å². The van der Waals surface area contributed by atoms with Gasteiger partial charge in [0.05, 0.1) is 35.6 Å². The minimum Gasteiger partial charge on any atom is -0.496 e. The van der Waals surface area contributed by atoms with E-state index in [9.17, 15) is 9.59 Å². The smallest absolute Gasteiger partial charge is 0.338 e. The average Bonchev–Trinajstić information content (AvgIpc) is 3.27. The third-order valence-electron chi connectivity index (χ3n) is 4.63. The molecule has 3 heterocycles. The zero-order valence-corrected chi connectivity index (χ0v) is 15.2. The van der Waals surface area contributed by atoms with Gasteiger partial charge in [-0.2, -0.15) is 0 Å². The van der Waals surface area contributed by atoms with Gasteiger partial charge in [0, 0.05) is 24.7 Å². The molecule has 0 saturated carbocycles. The molecule has 1 aromatic carbocycles. The Kier molecular flexibility index (Phi) is 4.16. The molecule has 3 aromatic rings. The van der Waals surface area contributed by atoms with Crippen LogP contribution in [0.2, 0.25) is 0 Å². The van der Waals surface area contributed by atoms with Gasteiger partial charge in [0.2, 0.25) is 0 Å². The van der Waals surface area contributed by atoms with Crippen LogP contribution in [-0.2, 0) is 17.7 Å². The number of nitrogens with zero attached hydrogens (tertiary/aromatic N) is 1. The van der Waals surface area contributed by atoms with E-state index in [1.807, 2.05) is 6.07 Å². The maximum atomic E-state index is 12.9. The molecule has 0 fully saturated rings.